The van der Waals surface area contributed by atoms with Crippen LogP contribution in [-0.4, -0.2) is 0 Å². The Morgan fingerprint density at radius 1 is 0.377 bits per heavy atom. The van der Waals surface area contributed by atoms with Crippen molar-refractivity contribution < 1.29 is 0 Å². The van der Waals surface area contributed by atoms with Crippen LogP contribution in [-0.2, 0) is 10.8 Å². The third kappa shape index (κ3) is 4.57. The summed E-state index contributed by atoms with van der Waals surface area (Å²) in [6, 6.07) is 73.9. The standard InChI is InChI=1S/C52H39N/c1-51(2)44-30-14-12-27-41(44)42-29-17-34-48(50(42)51)53(40-26-16-21-37(35-40)36-19-6-3-7-20-36)47-33-18-32-46-49(47)43-28-13-15-31-45(43)52(46,38-22-8-4-9-23-38)39-24-10-5-11-25-39/h3-35H,1-2H3. The lowest BCUT2D eigenvalue weighted by Gasteiger charge is -2.35. The number of fused-ring (bicyclic) bond motifs is 6. The molecule has 0 N–H and O–H groups in total. The third-order valence-electron chi connectivity index (χ3n) is 11.7. The summed E-state index contributed by atoms with van der Waals surface area (Å²) < 4.78 is 0. The molecule has 2 aliphatic rings. The van der Waals surface area contributed by atoms with E-state index in [1.807, 2.05) is 0 Å². The van der Waals surface area contributed by atoms with Crippen LogP contribution in [0.5, 0.6) is 0 Å². The Balaban J connectivity index is 1.31. The normalized spacial score (nSPS) is 14.2. The van der Waals surface area contributed by atoms with E-state index in [0.29, 0.717) is 0 Å². The summed E-state index contributed by atoms with van der Waals surface area (Å²) >= 11 is 0. The molecule has 0 saturated carbocycles. The predicted molar refractivity (Wildman–Crippen MR) is 221 cm³/mol. The molecule has 8 aromatic rings. The Hall–Kier alpha value is -6.44. The highest BCUT2D eigenvalue weighted by Gasteiger charge is 2.48. The zero-order valence-electron chi connectivity index (χ0n) is 30.0. The van der Waals surface area contributed by atoms with Crippen LogP contribution < -0.4 is 4.90 Å². The summed E-state index contributed by atoms with van der Waals surface area (Å²) in [5.74, 6) is 0. The van der Waals surface area contributed by atoms with E-state index in [0.717, 1.165) is 5.69 Å². The van der Waals surface area contributed by atoms with Crippen LogP contribution in [0.15, 0.2) is 200 Å². The lowest BCUT2D eigenvalue weighted by atomic mass is 9.68. The Bertz CT molecular complexity index is 2600. The third-order valence-corrected chi connectivity index (χ3v) is 11.7. The van der Waals surface area contributed by atoms with Gasteiger partial charge in [-0.1, -0.05) is 190 Å². The molecule has 0 heterocycles. The van der Waals surface area contributed by atoms with Gasteiger partial charge in [-0.2, -0.15) is 0 Å². The van der Waals surface area contributed by atoms with Crippen molar-refractivity contribution in [2.45, 2.75) is 24.7 Å². The second kappa shape index (κ2) is 12.1. The fraction of sp³-hybridized carbons (Fsp3) is 0.0769. The zero-order chi connectivity index (χ0) is 35.6. The number of benzene rings is 8. The van der Waals surface area contributed by atoms with Crippen molar-refractivity contribution in [3.05, 3.63) is 234 Å². The quantitative estimate of drug-likeness (QED) is 0.169. The van der Waals surface area contributed by atoms with Crippen molar-refractivity contribution >= 4 is 17.1 Å². The van der Waals surface area contributed by atoms with Gasteiger partial charge in [0, 0.05) is 16.7 Å². The van der Waals surface area contributed by atoms with Gasteiger partial charge in [-0.15, -0.1) is 0 Å². The summed E-state index contributed by atoms with van der Waals surface area (Å²) in [5, 5.41) is 0. The van der Waals surface area contributed by atoms with Crippen molar-refractivity contribution in [1.82, 2.24) is 0 Å². The molecule has 0 unspecified atom stereocenters. The molecule has 2 aliphatic carbocycles. The zero-order valence-corrected chi connectivity index (χ0v) is 30.0. The van der Waals surface area contributed by atoms with Gasteiger partial charge in [-0.3, -0.25) is 0 Å². The van der Waals surface area contributed by atoms with Crippen LogP contribution in [0.2, 0.25) is 0 Å². The number of nitrogens with zero attached hydrogens (tertiary/aromatic N) is 1. The molecular formula is C52H39N. The van der Waals surface area contributed by atoms with Gasteiger partial charge in [-0.25, -0.2) is 0 Å². The summed E-state index contributed by atoms with van der Waals surface area (Å²) in [6.45, 7) is 4.78. The van der Waals surface area contributed by atoms with Crippen molar-refractivity contribution in [1.29, 1.82) is 0 Å². The topological polar surface area (TPSA) is 3.24 Å². The molecule has 0 atom stereocenters. The second-order valence-electron chi connectivity index (χ2n) is 14.8. The largest absolute Gasteiger partial charge is 0.310 e. The lowest BCUT2D eigenvalue weighted by Crippen LogP contribution is -2.28. The Morgan fingerprint density at radius 2 is 0.887 bits per heavy atom. The fourth-order valence-electron chi connectivity index (χ4n) is 9.53. The Kier molecular flexibility index (Phi) is 7.13. The average Bonchev–Trinajstić information content (AvgIpc) is 3.66. The van der Waals surface area contributed by atoms with Gasteiger partial charge in [0.05, 0.1) is 16.8 Å². The van der Waals surface area contributed by atoms with Gasteiger partial charge in [-0.05, 0) is 85.5 Å². The second-order valence-corrected chi connectivity index (χ2v) is 14.8. The first-order valence-corrected chi connectivity index (χ1v) is 18.6. The molecule has 8 aromatic carbocycles. The molecule has 0 saturated heterocycles. The van der Waals surface area contributed by atoms with Gasteiger partial charge in [0.2, 0.25) is 0 Å². The number of rotatable bonds is 6. The van der Waals surface area contributed by atoms with Gasteiger partial charge in [0.25, 0.3) is 0 Å². The maximum absolute atomic E-state index is 2.56. The van der Waals surface area contributed by atoms with E-state index in [9.17, 15) is 0 Å². The van der Waals surface area contributed by atoms with Crippen LogP contribution in [0, 0.1) is 0 Å². The van der Waals surface area contributed by atoms with Gasteiger partial charge >= 0.3 is 0 Å². The number of hydrogen-bond donors (Lipinski definition) is 0. The average molecular weight is 678 g/mol. The first kappa shape index (κ1) is 31.3. The minimum atomic E-state index is -0.490. The van der Waals surface area contributed by atoms with E-state index >= 15 is 0 Å². The molecule has 0 radical (unpaired) electrons. The minimum Gasteiger partial charge on any atom is -0.310 e. The van der Waals surface area contributed by atoms with E-state index in [1.165, 1.54) is 78.1 Å². The van der Waals surface area contributed by atoms with Crippen LogP contribution in [0.3, 0.4) is 0 Å². The maximum atomic E-state index is 2.56. The first-order chi connectivity index (χ1) is 26.1. The maximum Gasteiger partial charge on any atom is 0.0714 e. The SMILES string of the molecule is CC1(C)c2ccccc2-c2cccc(N(c3cccc(-c4ccccc4)c3)c3cccc4c3-c3ccccc3C4(c3ccccc3)c3ccccc3)c21. The molecule has 0 fully saturated rings. The molecule has 0 amide bonds. The molecule has 10 rings (SSSR count). The van der Waals surface area contributed by atoms with E-state index in [2.05, 4.69) is 219 Å². The van der Waals surface area contributed by atoms with E-state index in [1.54, 1.807) is 0 Å². The molecule has 53 heavy (non-hydrogen) atoms. The van der Waals surface area contributed by atoms with Crippen molar-refractivity contribution in [2.75, 3.05) is 4.90 Å². The van der Waals surface area contributed by atoms with Gasteiger partial charge < -0.3 is 4.90 Å². The highest BCUT2D eigenvalue weighted by molar-refractivity contribution is 5.99. The van der Waals surface area contributed by atoms with Crippen molar-refractivity contribution in [3.8, 4) is 33.4 Å². The predicted octanol–water partition coefficient (Wildman–Crippen LogP) is 13.5. The highest BCUT2D eigenvalue weighted by Crippen LogP contribution is 2.61. The Labute approximate surface area is 312 Å². The van der Waals surface area contributed by atoms with E-state index in [-0.39, 0.29) is 5.41 Å². The van der Waals surface area contributed by atoms with Gasteiger partial charge in [0.1, 0.15) is 0 Å². The minimum absolute atomic E-state index is 0.203. The molecule has 0 aromatic heterocycles. The molecule has 1 heteroatoms. The Morgan fingerprint density at radius 3 is 1.60 bits per heavy atom. The van der Waals surface area contributed by atoms with Crippen LogP contribution >= 0.6 is 0 Å². The molecule has 1 nitrogen and oxygen atoms in total. The molecule has 0 bridgehead atoms. The highest BCUT2D eigenvalue weighted by atomic mass is 15.1. The van der Waals surface area contributed by atoms with Crippen LogP contribution in [0.1, 0.15) is 47.2 Å². The summed E-state index contributed by atoms with van der Waals surface area (Å²) in [7, 11) is 0. The summed E-state index contributed by atoms with van der Waals surface area (Å²) in [6.07, 6.45) is 0. The summed E-state index contributed by atoms with van der Waals surface area (Å²) in [4.78, 5) is 2.56. The van der Waals surface area contributed by atoms with Gasteiger partial charge in [0.15, 0.2) is 0 Å². The van der Waals surface area contributed by atoms with Crippen LogP contribution in [0.4, 0.5) is 17.1 Å². The molecule has 0 aliphatic heterocycles. The van der Waals surface area contributed by atoms with Crippen molar-refractivity contribution in [2.24, 2.45) is 0 Å². The monoisotopic (exact) mass is 677 g/mol. The van der Waals surface area contributed by atoms with Crippen molar-refractivity contribution in [3.63, 3.8) is 0 Å². The van der Waals surface area contributed by atoms with Crippen LogP contribution in [0.25, 0.3) is 33.4 Å². The number of hydrogen-bond acceptors (Lipinski definition) is 1. The fourth-order valence-corrected chi connectivity index (χ4v) is 9.53. The summed E-state index contributed by atoms with van der Waals surface area (Å²) in [5.41, 5.74) is 18.3. The van der Waals surface area contributed by atoms with E-state index < -0.39 is 5.41 Å². The molecule has 252 valence electrons. The lowest BCUT2D eigenvalue weighted by molar-refractivity contribution is 0.661. The smallest absolute Gasteiger partial charge is 0.0714 e. The molecular weight excluding hydrogens is 639 g/mol. The molecule has 0 spiro atoms. The first-order valence-electron chi connectivity index (χ1n) is 18.6. The van der Waals surface area contributed by atoms with E-state index in [4.69, 9.17) is 0 Å². The number of anilines is 3.